The highest BCUT2D eigenvalue weighted by Crippen LogP contribution is 2.28. The van der Waals surface area contributed by atoms with E-state index in [-0.39, 0.29) is 5.91 Å². The summed E-state index contributed by atoms with van der Waals surface area (Å²) < 4.78 is 5.39. The average Bonchev–Trinajstić information content (AvgIpc) is 3.18. The lowest BCUT2D eigenvalue weighted by Crippen LogP contribution is -2.38. The van der Waals surface area contributed by atoms with Crippen LogP contribution in [0, 0.1) is 0 Å². The van der Waals surface area contributed by atoms with Crippen LogP contribution in [-0.4, -0.2) is 42.2 Å². The van der Waals surface area contributed by atoms with E-state index in [2.05, 4.69) is 20.2 Å². The molecule has 1 aliphatic rings. The predicted octanol–water partition coefficient (Wildman–Crippen LogP) is 4.52. The van der Waals surface area contributed by atoms with E-state index in [1.807, 2.05) is 6.07 Å². The third kappa shape index (κ3) is 4.87. The summed E-state index contributed by atoms with van der Waals surface area (Å²) in [6, 6.07) is 8.90. The number of morpholine rings is 1. The fraction of sp³-hybridized carbons (Fsp3) is 0.250. The molecule has 1 amide bonds. The highest BCUT2D eigenvalue weighted by Gasteiger charge is 2.20. The van der Waals surface area contributed by atoms with Crippen molar-refractivity contribution in [3.8, 4) is 0 Å². The van der Waals surface area contributed by atoms with Crippen LogP contribution in [0.15, 0.2) is 42.7 Å². The standard InChI is InChI=1S/C20H18Cl2N4O2S/c21-14-3-4-17(22)13(10-14)11-15-12-24-20(29-15)25-19(27)16-2-1-5-23-18(16)26-6-8-28-9-7-26/h1-5,10,12H,6-9,11H2,(H,24,25,27). The van der Waals surface area contributed by atoms with Gasteiger partial charge in [0.15, 0.2) is 5.13 Å². The van der Waals surface area contributed by atoms with Crippen LogP contribution in [0.1, 0.15) is 20.8 Å². The minimum Gasteiger partial charge on any atom is -0.378 e. The number of benzene rings is 1. The number of amides is 1. The maximum absolute atomic E-state index is 12.9. The quantitative estimate of drug-likeness (QED) is 0.620. The van der Waals surface area contributed by atoms with Crippen molar-refractivity contribution in [2.75, 3.05) is 36.5 Å². The average molecular weight is 449 g/mol. The SMILES string of the molecule is O=C(Nc1ncc(Cc2cc(Cl)ccc2Cl)s1)c1cccnc1N1CCOCC1. The van der Waals surface area contributed by atoms with Crippen LogP contribution in [0.4, 0.5) is 10.9 Å². The van der Waals surface area contributed by atoms with Gasteiger partial charge in [0.25, 0.3) is 5.91 Å². The van der Waals surface area contributed by atoms with Gasteiger partial charge in [-0.1, -0.05) is 23.2 Å². The summed E-state index contributed by atoms with van der Waals surface area (Å²) in [6.45, 7) is 2.66. The number of hydrogen-bond acceptors (Lipinski definition) is 6. The van der Waals surface area contributed by atoms with E-state index in [9.17, 15) is 4.79 Å². The van der Waals surface area contributed by atoms with Crippen molar-refractivity contribution in [1.29, 1.82) is 0 Å². The molecule has 3 aromatic rings. The monoisotopic (exact) mass is 448 g/mol. The second-order valence-electron chi connectivity index (χ2n) is 6.47. The zero-order valence-electron chi connectivity index (χ0n) is 15.4. The third-order valence-electron chi connectivity index (χ3n) is 4.49. The van der Waals surface area contributed by atoms with Gasteiger partial charge in [0.1, 0.15) is 5.82 Å². The van der Waals surface area contributed by atoms with Crippen LogP contribution in [0.3, 0.4) is 0 Å². The summed E-state index contributed by atoms with van der Waals surface area (Å²) in [5.74, 6) is 0.428. The van der Waals surface area contributed by atoms with Crippen molar-refractivity contribution in [3.05, 3.63) is 68.8 Å². The van der Waals surface area contributed by atoms with Crippen molar-refractivity contribution in [2.24, 2.45) is 0 Å². The van der Waals surface area contributed by atoms with E-state index in [0.717, 1.165) is 10.4 Å². The van der Waals surface area contributed by atoms with Gasteiger partial charge in [-0.15, -0.1) is 11.3 Å². The maximum atomic E-state index is 12.9. The molecule has 0 radical (unpaired) electrons. The molecule has 1 saturated heterocycles. The first-order valence-corrected chi connectivity index (χ1v) is 10.6. The molecule has 0 atom stereocenters. The highest BCUT2D eigenvalue weighted by molar-refractivity contribution is 7.15. The van der Waals surface area contributed by atoms with Gasteiger partial charge in [-0.3, -0.25) is 10.1 Å². The maximum Gasteiger partial charge on any atom is 0.261 e. The minimum absolute atomic E-state index is 0.235. The molecule has 3 heterocycles. The van der Waals surface area contributed by atoms with E-state index in [1.54, 1.807) is 36.7 Å². The van der Waals surface area contributed by atoms with E-state index < -0.39 is 0 Å². The van der Waals surface area contributed by atoms with Gasteiger partial charge < -0.3 is 9.64 Å². The lowest BCUT2D eigenvalue weighted by Gasteiger charge is -2.29. The molecule has 9 heteroatoms. The van der Waals surface area contributed by atoms with Gasteiger partial charge in [0, 0.05) is 46.8 Å². The first kappa shape index (κ1) is 20.1. The Bertz CT molecular complexity index is 1020. The number of rotatable bonds is 5. The summed E-state index contributed by atoms with van der Waals surface area (Å²) in [5, 5.41) is 4.69. The van der Waals surface area contributed by atoms with Crippen LogP contribution >= 0.6 is 34.5 Å². The molecule has 1 aliphatic heterocycles. The number of ether oxygens (including phenoxy) is 1. The van der Waals surface area contributed by atoms with Gasteiger partial charge in [-0.25, -0.2) is 9.97 Å². The zero-order chi connectivity index (χ0) is 20.2. The Morgan fingerprint density at radius 3 is 2.86 bits per heavy atom. The number of nitrogens with one attached hydrogen (secondary N) is 1. The second-order valence-corrected chi connectivity index (χ2v) is 8.43. The Kier molecular flexibility index (Phi) is 6.30. The van der Waals surface area contributed by atoms with Gasteiger partial charge in [0.05, 0.1) is 18.8 Å². The molecule has 4 rings (SSSR count). The Balaban J connectivity index is 1.48. The molecule has 2 aromatic heterocycles. The second kappa shape index (κ2) is 9.09. The molecule has 1 aromatic carbocycles. The van der Waals surface area contributed by atoms with Crippen LogP contribution in [0.2, 0.25) is 10.0 Å². The Morgan fingerprint density at radius 2 is 2.03 bits per heavy atom. The van der Waals surface area contributed by atoms with Crippen LogP contribution in [-0.2, 0) is 11.2 Å². The van der Waals surface area contributed by atoms with Crippen LogP contribution in [0.25, 0.3) is 0 Å². The first-order valence-electron chi connectivity index (χ1n) is 9.08. The van der Waals surface area contributed by atoms with Crippen molar-refractivity contribution >= 4 is 51.4 Å². The smallest absolute Gasteiger partial charge is 0.261 e. The number of halogens is 2. The summed E-state index contributed by atoms with van der Waals surface area (Å²) >= 11 is 13.7. The number of thiazole rings is 1. The van der Waals surface area contributed by atoms with E-state index >= 15 is 0 Å². The number of aromatic nitrogens is 2. The van der Waals surface area contributed by atoms with E-state index in [1.165, 1.54) is 11.3 Å². The number of nitrogens with zero attached hydrogens (tertiary/aromatic N) is 3. The van der Waals surface area contributed by atoms with Gasteiger partial charge in [0.2, 0.25) is 0 Å². The van der Waals surface area contributed by atoms with E-state index in [4.69, 9.17) is 27.9 Å². The highest BCUT2D eigenvalue weighted by atomic mass is 35.5. The van der Waals surface area contributed by atoms with Gasteiger partial charge in [-0.05, 0) is 35.9 Å². The molecule has 0 unspecified atom stereocenters. The van der Waals surface area contributed by atoms with Crippen molar-refractivity contribution in [2.45, 2.75) is 6.42 Å². The Morgan fingerprint density at radius 1 is 1.21 bits per heavy atom. The van der Waals surface area contributed by atoms with Crippen molar-refractivity contribution in [1.82, 2.24) is 9.97 Å². The normalized spacial score (nSPS) is 14.1. The summed E-state index contributed by atoms with van der Waals surface area (Å²) in [4.78, 5) is 24.6. The molecule has 0 aliphatic carbocycles. The van der Waals surface area contributed by atoms with Crippen LogP contribution in [0.5, 0.6) is 0 Å². The Labute approximate surface area is 182 Å². The molecular formula is C20H18Cl2N4O2S. The zero-order valence-corrected chi connectivity index (χ0v) is 17.7. The number of carbonyl (C=O) groups excluding carboxylic acids is 1. The predicted molar refractivity (Wildman–Crippen MR) is 117 cm³/mol. The van der Waals surface area contributed by atoms with Crippen molar-refractivity contribution < 1.29 is 9.53 Å². The van der Waals surface area contributed by atoms with Crippen LogP contribution < -0.4 is 10.2 Å². The number of carbonyl (C=O) groups is 1. The summed E-state index contributed by atoms with van der Waals surface area (Å²) in [5.41, 5.74) is 1.44. The molecule has 0 saturated carbocycles. The molecule has 1 fully saturated rings. The minimum atomic E-state index is -0.235. The fourth-order valence-electron chi connectivity index (χ4n) is 3.08. The molecule has 0 bridgehead atoms. The molecule has 150 valence electrons. The molecular weight excluding hydrogens is 431 g/mol. The summed E-state index contributed by atoms with van der Waals surface area (Å²) in [7, 11) is 0. The topological polar surface area (TPSA) is 67.4 Å². The fourth-order valence-corrected chi connectivity index (χ4v) is 4.29. The van der Waals surface area contributed by atoms with Gasteiger partial charge in [-0.2, -0.15) is 0 Å². The molecule has 29 heavy (non-hydrogen) atoms. The number of pyridine rings is 1. The van der Waals surface area contributed by atoms with Crippen molar-refractivity contribution in [3.63, 3.8) is 0 Å². The molecule has 6 nitrogen and oxygen atoms in total. The largest absolute Gasteiger partial charge is 0.378 e. The number of hydrogen-bond donors (Lipinski definition) is 1. The lowest BCUT2D eigenvalue weighted by molar-refractivity contribution is 0.102. The number of anilines is 2. The molecule has 0 spiro atoms. The first-order chi connectivity index (χ1) is 14.1. The Hall–Kier alpha value is -2.19. The molecule has 1 N–H and O–H groups in total. The van der Waals surface area contributed by atoms with Gasteiger partial charge >= 0.3 is 0 Å². The third-order valence-corrected chi connectivity index (χ3v) is 6.00. The lowest BCUT2D eigenvalue weighted by atomic mass is 10.1. The summed E-state index contributed by atoms with van der Waals surface area (Å²) in [6.07, 6.45) is 4.03. The van der Waals surface area contributed by atoms with E-state index in [0.29, 0.717) is 59.3 Å².